The Bertz CT molecular complexity index is 1170. The van der Waals surface area contributed by atoms with E-state index in [-0.39, 0.29) is 24.0 Å². The fraction of sp³-hybridized carbons (Fsp3) is 0.273. The van der Waals surface area contributed by atoms with Gasteiger partial charge in [-0.05, 0) is 49.1 Å². The summed E-state index contributed by atoms with van der Waals surface area (Å²) in [5.74, 6) is -0.818. The van der Waals surface area contributed by atoms with Crippen LogP contribution in [0.2, 0.25) is 0 Å². The summed E-state index contributed by atoms with van der Waals surface area (Å²) in [6.45, 7) is 6.00. The summed E-state index contributed by atoms with van der Waals surface area (Å²) in [5, 5.41) is 2.65. The minimum absolute atomic E-state index is 0.0908. The summed E-state index contributed by atoms with van der Waals surface area (Å²) in [6, 6.07) is 5.58. The van der Waals surface area contributed by atoms with Gasteiger partial charge in [-0.25, -0.2) is 4.98 Å². The maximum Gasteiger partial charge on any atom is 0.272 e. The molecule has 1 aromatic carbocycles. The third-order valence-corrected chi connectivity index (χ3v) is 5.09. The van der Waals surface area contributed by atoms with Gasteiger partial charge in [-0.2, -0.15) is 0 Å². The molecule has 3 rings (SSSR count). The lowest BCUT2D eigenvalue weighted by Gasteiger charge is -2.18. The molecular weight excluding hydrogens is 396 g/mol. The molecule has 0 bridgehead atoms. The van der Waals surface area contributed by atoms with Crippen molar-refractivity contribution in [3.63, 3.8) is 0 Å². The largest absolute Gasteiger partial charge is 0.383 e. The number of rotatable bonds is 6. The molecule has 31 heavy (non-hydrogen) atoms. The van der Waals surface area contributed by atoms with Gasteiger partial charge >= 0.3 is 0 Å². The topological polar surface area (TPSA) is 138 Å². The zero-order chi connectivity index (χ0) is 22.7. The van der Waals surface area contributed by atoms with Crippen molar-refractivity contribution < 1.29 is 9.53 Å². The van der Waals surface area contributed by atoms with Crippen LogP contribution in [-0.2, 0) is 11.3 Å². The number of carbonyl (C=O) groups excluding carboxylic acids is 1. The second-order valence-electron chi connectivity index (χ2n) is 7.30. The van der Waals surface area contributed by atoms with Crippen LogP contribution >= 0.6 is 0 Å². The Hall–Kier alpha value is -3.56. The van der Waals surface area contributed by atoms with E-state index in [4.69, 9.17) is 16.2 Å². The number of methoxy groups -OCH3 is 1. The molecule has 5 N–H and O–H groups in total. The molecule has 0 saturated carbocycles. The standard InChI is InChI=1S/C22H26N6O3/c1-12-5-16(14(3)31-4)6-13(2)19(12)28-11-26-20(24)18(22(28)30)21(29)27-17-7-15(8-23)9-25-10-17/h5-7,9-11,14H,8,23-24H2,1-4H3,(H,27,29). The van der Waals surface area contributed by atoms with Gasteiger partial charge in [0.15, 0.2) is 0 Å². The van der Waals surface area contributed by atoms with Gasteiger partial charge in [-0.15, -0.1) is 0 Å². The number of aromatic nitrogens is 3. The van der Waals surface area contributed by atoms with Gasteiger partial charge in [0, 0.05) is 19.9 Å². The third-order valence-electron chi connectivity index (χ3n) is 5.09. The quantitative estimate of drug-likeness (QED) is 0.554. The van der Waals surface area contributed by atoms with Gasteiger partial charge in [0.05, 0.1) is 23.7 Å². The minimum atomic E-state index is -0.666. The number of hydrogen-bond acceptors (Lipinski definition) is 7. The Morgan fingerprint density at radius 3 is 2.52 bits per heavy atom. The predicted molar refractivity (Wildman–Crippen MR) is 119 cm³/mol. The maximum absolute atomic E-state index is 13.2. The number of carbonyl (C=O) groups is 1. The van der Waals surface area contributed by atoms with Crippen molar-refractivity contribution in [3.8, 4) is 5.69 Å². The summed E-state index contributed by atoms with van der Waals surface area (Å²) >= 11 is 0. The van der Waals surface area contributed by atoms with Crippen molar-refractivity contribution in [2.45, 2.75) is 33.4 Å². The molecule has 0 fully saturated rings. The lowest BCUT2D eigenvalue weighted by molar-refractivity contribution is 0.102. The Labute approximate surface area is 180 Å². The van der Waals surface area contributed by atoms with Crippen molar-refractivity contribution in [3.05, 3.63) is 75.1 Å². The van der Waals surface area contributed by atoms with E-state index in [0.29, 0.717) is 11.4 Å². The first kappa shape index (κ1) is 22.1. The van der Waals surface area contributed by atoms with Gasteiger partial charge in [-0.3, -0.25) is 19.1 Å². The van der Waals surface area contributed by atoms with Crippen LogP contribution < -0.4 is 22.3 Å². The molecule has 0 aliphatic heterocycles. The van der Waals surface area contributed by atoms with Crippen LogP contribution in [-0.4, -0.2) is 27.6 Å². The number of nitrogens with two attached hydrogens (primary N) is 2. The highest BCUT2D eigenvalue weighted by Gasteiger charge is 2.21. The van der Waals surface area contributed by atoms with Gasteiger partial charge < -0.3 is 21.5 Å². The molecule has 2 aromatic heterocycles. The van der Waals surface area contributed by atoms with Crippen molar-refractivity contribution in [2.75, 3.05) is 18.2 Å². The fourth-order valence-electron chi connectivity index (χ4n) is 3.44. The zero-order valence-corrected chi connectivity index (χ0v) is 18.0. The molecule has 0 radical (unpaired) electrons. The van der Waals surface area contributed by atoms with Crippen LogP contribution in [0.15, 0.2) is 41.7 Å². The van der Waals surface area contributed by atoms with E-state index in [1.165, 1.54) is 17.1 Å². The van der Waals surface area contributed by atoms with E-state index in [1.54, 1.807) is 19.4 Å². The molecule has 2 heterocycles. The Balaban J connectivity index is 2.05. The molecule has 9 heteroatoms. The van der Waals surface area contributed by atoms with Crippen LogP contribution in [0.1, 0.15) is 45.6 Å². The number of amides is 1. The average Bonchev–Trinajstić information content (AvgIpc) is 2.74. The second kappa shape index (κ2) is 9.07. The van der Waals surface area contributed by atoms with Gasteiger partial charge in [0.2, 0.25) is 0 Å². The van der Waals surface area contributed by atoms with E-state index in [1.807, 2.05) is 32.9 Å². The normalized spacial score (nSPS) is 11.9. The Morgan fingerprint density at radius 2 is 1.90 bits per heavy atom. The molecule has 1 unspecified atom stereocenters. The first-order valence-corrected chi connectivity index (χ1v) is 9.73. The molecule has 3 aromatic rings. The van der Waals surface area contributed by atoms with E-state index in [0.717, 1.165) is 22.3 Å². The summed E-state index contributed by atoms with van der Waals surface area (Å²) < 4.78 is 6.73. The lowest BCUT2D eigenvalue weighted by Crippen LogP contribution is -2.31. The number of anilines is 2. The highest BCUT2D eigenvalue weighted by Crippen LogP contribution is 2.25. The highest BCUT2D eigenvalue weighted by atomic mass is 16.5. The first-order valence-electron chi connectivity index (χ1n) is 9.73. The second-order valence-corrected chi connectivity index (χ2v) is 7.30. The van der Waals surface area contributed by atoms with Gasteiger partial charge in [0.1, 0.15) is 17.7 Å². The number of ether oxygens (including phenoxy) is 1. The van der Waals surface area contributed by atoms with E-state index in [2.05, 4.69) is 15.3 Å². The number of nitrogens with one attached hydrogen (secondary N) is 1. The molecule has 9 nitrogen and oxygen atoms in total. The number of nitrogens with zero attached hydrogens (tertiary/aromatic N) is 3. The first-order chi connectivity index (χ1) is 14.8. The summed E-state index contributed by atoms with van der Waals surface area (Å²) in [4.78, 5) is 34.2. The lowest BCUT2D eigenvalue weighted by atomic mass is 10.0. The van der Waals surface area contributed by atoms with E-state index in [9.17, 15) is 9.59 Å². The molecule has 162 valence electrons. The fourth-order valence-corrected chi connectivity index (χ4v) is 3.44. The SMILES string of the molecule is COC(C)c1cc(C)c(-n2cnc(N)c(C(=O)Nc3cncc(CN)c3)c2=O)c(C)c1. The number of aryl methyl sites for hydroxylation is 2. The number of nitrogen functional groups attached to an aromatic ring is 1. The van der Waals surface area contributed by atoms with Crippen LogP contribution in [0, 0.1) is 13.8 Å². The molecule has 0 saturated heterocycles. The summed E-state index contributed by atoms with van der Waals surface area (Å²) in [5.41, 5.74) is 15.2. The Kier molecular flexibility index (Phi) is 6.47. The maximum atomic E-state index is 13.2. The van der Waals surface area contributed by atoms with Crippen molar-refractivity contribution in [1.82, 2.24) is 14.5 Å². The van der Waals surface area contributed by atoms with Crippen molar-refractivity contribution in [1.29, 1.82) is 0 Å². The zero-order valence-electron chi connectivity index (χ0n) is 18.0. The number of pyridine rings is 1. The molecule has 0 aliphatic carbocycles. The van der Waals surface area contributed by atoms with Crippen molar-refractivity contribution >= 4 is 17.4 Å². The monoisotopic (exact) mass is 422 g/mol. The molecule has 0 spiro atoms. The smallest absolute Gasteiger partial charge is 0.272 e. The Morgan fingerprint density at radius 1 is 1.23 bits per heavy atom. The number of hydrogen-bond donors (Lipinski definition) is 3. The van der Waals surface area contributed by atoms with Crippen LogP contribution in [0.5, 0.6) is 0 Å². The van der Waals surface area contributed by atoms with Crippen LogP contribution in [0.25, 0.3) is 5.69 Å². The average molecular weight is 422 g/mol. The molecule has 0 aliphatic rings. The van der Waals surface area contributed by atoms with Crippen LogP contribution in [0.3, 0.4) is 0 Å². The number of benzene rings is 1. The van der Waals surface area contributed by atoms with Gasteiger partial charge in [-0.1, -0.05) is 12.1 Å². The molecular formula is C22H26N6O3. The summed E-state index contributed by atoms with van der Waals surface area (Å²) in [7, 11) is 1.64. The van der Waals surface area contributed by atoms with Crippen molar-refractivity contribution in [2.24, 2.45) is 5.73 Å². The van der Waals surface area contributed by atoms with Gasteiger partial charge in [0.25, 0.3) is 11.5 Å². The third kappa shape index (κ3) is 4.47. The molecule has 1 amide bonds. The molecule has 1 atom stereocenters. The van der Waals surface area contributed by atoms with E-state index >= 15 is 0 Å². The predicted octanol–water partition coefficient (Wildman–Crippen LogP) is 2.24. The van der Waals surface area contributed by atoms with E-state index < -0.39 is 11.5 Å². The van der Waals surface area contributed by atoms with Crippen LogP contribution in [0.4, 0.5) is 11.5 Å². The summed E-state index contributed by atoms with van der Waals surface area (Å²) in [6.07, 6.45) is 4.30. The minimum Gasteiger partial charge on any atom is -0.383 e. The highest BCUT2D eigenvalue weighted by molar-refractivity contribution is 6.06.